The summed E-state index contributed by atoms with van der Waals surface area (Å²) in [4.78, 5) is 23.3. The Kier molecular flexibility index (Phi) is 4.67. The van der Waals surface area contributed by atoms with Crippen LogP contribution in [-0.2, 0) is 9.53 Å². The van der Waals surface area contributed by atoms with E-state index in [1.807, 2.05) is 20.8 Å². The number of nitrogens with two attached hydrogens (primary N) is 1. The van der Waals surface area contributed by atoms with Gasteiger partial charge in [-0.3, -0.25) is 4.79 Å². The van der Waals surface area contributed by atoms with Crippen molar-refractivity contribution in [1.29, 1.82) is 0 Å². The Balaban J connectivity index is 2.83. The van der Waals surface area contributed by atoms with Gasteiger partial charge < -0.3 is 15.8 Å². The smallest absolute Gasteiger partial charge is 0.337 e. The number of amides is 1. The quantitative estimate of drug-likeness (QED) is 0.815. The van der Waals surface area contributed by atoms with Crippen LogP contribution < -0.4 is 11.1 Å². The third kappa shape index (κ3) is 4.06. The van der Waals surface area contributed by atoms with Gasteiger partial charge in [-0.25, -0.2) is 4.79 Å². The lowest BCUT2D eigenvalue weighted by molar-refractivity contribution is -0.119. The van der Waals surface area contributed by atoms with Crippen LogP contribution in [0.5, 0.6) is 0 Å². The summed E-state index contributed by atoms with van der Waals surface area (Å²) < 4.78 is 4.62. The second-order valence-electron chi connectivity index (χ2n) is 5.41. The summed E-state index contributed by atoms with van der Waals surface area (Å²) in [6.07, 6.45) is 0. The molecule has 104 valence electrons. The molecule has 5 heteroatoms. The minimum Gasteiger partial charge on any atom is -0.465 e. The monoisotopic (exact) mass is 264 g/mol. The molecule has 0 spiro atoms. The number of methoxy groups -OCH3 is 1. The summed E-state index contributed by atoms with van der Waals surface area (Å²) in [5.74, 6) is -0.731. The molecule has 0 saturated carbocycles. The molecule has 1 atom stereocenters. The molecular weight excluding hydrogens is 244 g/mol. The maximum atomic E-state index is 12.0. The predicted octanol–water partition coefficient (Wildman–Crippen LogP) is 1.79. The van der Waals surface area contributed by atoms with Crippen LogP contribution in [0.3, 0.4) is 0 Å². The van der Waals surface area contributed by atoms with Gasteiger partial charge in [-0.1, -0.05) is 26.8 Å². The van der Waals surface area contributed by atoms with Crippen molar-refractivity contribution in [3.8, 4) is 0 Å². The first-order chi connectivity index (χ1) is 8.75. The molecule has 0 fully saturated rings. The number of nitrogens with one attached hydrogen (secondary N) is 1. The van der Waals surface area contributed by atoms with Gasteiger partial charge in [0, 0.05) is 5.69 Å². The van der Waals surface area contributed by atoms with Crippen LogP contribution in [0.1, 0.15) is 31.1 Å². The van der Waals surface area contributed by atoms with Crippen molar-refractivity contribution < 1.29 is 14.3 Å². The Hall–Kier alpha value is -1.88. The topological polar surface area (TPSA) is 81.4 Å². The van der Waals surface area contributed by atoms with E-state index in [2.05, 4.69) is 10.1 Å². The number of rotatable bonds is 3. The minimum atomic E-state index is -0.630. The highest BCUT2D eigenvalue weighted by Crippen LogP contribution is 2.19. The molecular formula is C14H20N2O3. The van der Waals surface area contributed by atoms with Crippen molar-refractivity contribution in [1.82, 2.24) is 0 Å². The number of benzene rings is 1. The molecule has 3 N–H and O–H groups in total. The highest BCUT2D eigenvalue weighted by atomic mass is 16.5. The van der Waals surface area contributed by atoms with Crippen molar-refractivity contribution in [2.75, 3.05) is 12.4 Å². The van der Waals surface area contributed by atoms with Crippen LogP contribution in [-0.4, -0.2) is 25.0 Å². The number of hydrogen-bond donors (Lipinski definition) is 2. The van der Waals surface area contributed by atoms with E-state index in [1.54, 1.807) is 24.3 Å². The van der Waals surface area contributed by atoms with E-state index < -0.39 is 12.0 Å². The SMILES string of the molecule is COC(=O)c1cccc(NC(=O)[C@H](N)C(C)(C)C)c1. The van der Waals surface area contributed by atoms with Crippen LogP contribution in [0.15, 0.2) is 24.3 Å². The second-order valence-corrected chi connectivity index (χ2v) is 5.41. The van der Waals surface area contributed by atoms with Crippen molar-refractivity contribution in [2.24, 2.45) is 11.1 Å². The third-order valence-electron chi connectivity index (χ3n) is 2.77. The van der Waals surface area contributed by atoms with Crippen LogP contribution in [0.2, 0.25) is 0 Å². The third-order valence-corrected chi connectivity index (χ3v) is 2.77. The highest BCUT2D eigenvalue weighted by molar-refractivity contribution is 5.97. The summed E-state index contributed by atoms with van der Waals surface area (Å²) in [5.41, 5.74) is 6.43. The zero-order valence-corrected chi connectivity index (χ0v) is 11.7. The van der Waals surface area contributed by atoms with Crippen LogP contribution >= 0.6 is 0 Å². The molecule has 0 aliphatic rings. The molecule has 1 amide bonds. The number of anilines is 1. The Labute approximate surface area is 113 Å². The molecule has 0 saturated heterocycles. The lowest BCUT2D eigenvalue weighted by Gasteiger charge is -2.25. The van der Waals surface area contributed by atoms with Gasteiger partial charge in [-0.15, -0.1) is 0 Å². The zero-order chi connectivity index (χ0) is 14.6. The standard InChI is InChI=1S/C14H20N2O3/c1-14(2,3)11(15)12(17)16-10-7-5-6-9(8-10)13(18)19-4/h5-8,11H,15H2,1-4H3,(H,16,17)/t11-/m0/s1. The first-order valence-electron chi connectivity index (χ1n) is 6.00. The molecule has 0 aliphatic heterocycles. The Morgan fingerprint density at radius 2 is 1.95 bits per heavy atom. The maximum Gasteiger partial charge on any atom is 0.337 e. The fraction of sp³-hybridized carbons (Fsp3) is 0.429. The normalized spacial score (nSPS) is 12.7. The first kappa shape index (κ1) is 15.2. The number of carbonyl (C=O) groups is 2. The highest BCUT2D eigenvalue weighted by Gasteiger charge is 2.27. The summed E-state index contributed by atoms with van der Waals surface area (Å²) >= 11 is 0. The number of ether oxygens (including phenoxy) is 1. The van der Waals surface area contributed by atoms with E-state index in [0.717, 1.165) is 0 Å². The average molecular weight is 264 g/mol. The van der Waals surface area contributed by atoms with Crippen molar-refractivity contribution in [2.45, 2.75) is 26.8 Å². The molecule has 0 aromatic heterocycles. The summed E-state index contributed by atoms with van der Waals surface area (Å²) in [6, 6.07) is 5.91. The van der Waals surface area contributed by atoms with E-state index in [9.17, 15) is 9.59 Å². The molecule has 5 nitrogen and oxygen atoms in total. The largest absolute Gasteiger partial charge is 0.465 e. The molecule has 0 heterocycles. The van der Waals surface area contributed by atoms with Gasteiger partial charge in [0.2, 0.25) is 5.91 Å². The molecule has 0 bridgehead atoms. The first-order valence-corrected chi connectivity index (χ1v) is 6.00. The summed E-state index contributed by atoms with van der Waals surface area (Å²) in [6.45, 7) is 5.67. The van der Waals surface area contributed by atoms with E-state index in [1.165, 1.54) is 7.11 Å². The summed E-state index contributed by atoms with van der Waals surface area (Å²) in [7, 11) is 1.31. The molecule has 19 heavy (non-hydrogen) atoms. The molecule has 1 aromatic rings. The van der Waals surface area contributed by atoms with E-state index in [-0.39, 0.29) is 11.3 Å². The molecule has 0 radical (unpaired) electrons. The van der Waals surface area contributed by atoms with Gasteiger partial charge in [-0.05, 0) is 23.6 Å². The fourth-order valence-corrected chi connectivity index (χ4v) is 1.46. The molecule has 1 rings (SSSR count). The van der Waals surface area contributed by atoms with Gasteiger partial charge in [0.05, 0.1) is 18.7 Å². The van der Waals surface area contributed by atoms with E-state index >= 15 is 0 Å². The van der Waals surface area contributed by atoms with Crippen molar-refractivity contribution in [3.05, 3.63) is 29.8 Å². The van der Waals surface area contributed by atoms with Crippen molar-refractivity contribution in [3.63, 3.8) is 0 Å². The predicted molar refractivity (Wildman–Crippen MR) is 73.8 cm³/mol. The fourth-order valence-electron chi connectivity index (χ4n) is 1.46. The Bertz CT molecular complexity index is 478. The number of esters is 1. The van der Waals surface area contributed by atoms with Gasteiger partial charge >= 0.3 is 5.97 Å². The molecule has 0 aliphatic carbocycles. The van der Waals surface area contributed by atoms with Gasteiger partial charge in [-0.2, -0.15) is 0 Å². The van der Waals surface area contributed by atoms with Crippen LogP contribution in [0.4, 0.5) is 5.69 Å². The lowest BCUT2D eigenvalue weighted by atomic mass is 9.87. The molecule has 1 aromatic carbocycles. The average Bonchev–Trinajstić information content (AvgIpc) is 2.36. The Morgan fingerprint density at radius 3 is 2.47 bits per heavy atom. The van der Waals surface area contributed by atoms with Crippen LogP contribution in [0.25, 0.3) is 0 Å². The Morgan fingerprint density at radius 1 is 1.32 bits per heavy atom. The zero-order valence-electron chi connectivity index (χ0n) is 11.7. The van der Waals surface area contributed by atoms with Crippen molar-refractivity contribution >= 4 is 17.6 Å². The van der Waals surface area contributed by atoms with Gasteiger partial charge in [0.1, 0.15) is 0 Å². The lowest BCUT2D eigenvalue weighted by Crippen LogP contribution is -2.45. The van der Waals surface area contributed by atoms with Gasteiger partial charge in [0.25, 0.3) is 0 Å². The minimum absolute atomic E-state index is 0.283. The number of hydrogen-bond acceptors (Lipinski definition) is 4. The van der Waals surface area contributed by atoms with E-state index in [4.69, 9.17) is 5.73 Å². The molecule has 0 unspecified atom stereocenters. The van der Waals surface area contributed by atoms with Crippen LogP contribution in [0, 0.1) is 5.41 Å². The van der Waals surface area contributed by atoms with E-state index in [0.29, 0.717) is 11.3 Å². The second kappa shape index (κ2) is 5.84. The van der Waals surface area contributed by atoms with Gasteiger partial charge in [0.15, 0.2) is 0 Å². The maximum absolute atomic E-state index is 12.0. The number of carbonyl (C=O) groups excluding carboxylic acids is 2. The summed E-state index contributed by atoms with van der Waals surface area (Å²) in [5, 5.41) is 2.70.